The number of carbonyl (C=O) groups is 2. The average molecular weight is 528 g/mol. The minimum absolute atomic E-state index is 0.0991. The van der Waals surface area contributed by atoms with Crippen molar-refractivity contribution < 1.29 is 29.6 Å². The number of ether oxygens (including phenoxy) is 1. The van der Waals surface area contributed by atoms with Gasteiger partial charge in [-0.05, 0) is 122 Å². The van der Waals surface area contributed by atoms with Crippen molar-refractivity contribution in [3.8, 4) is 5.75 Å². The van der Waals surface area contributed by atoms with Crippen LogP contribution in [0.3, 0.4) is 0 Å². The Morgan fingerprint density at radius 2 is 1.79 bits per heavy atom. The van der Waals surface area contributed by atoms with Crippen molar-refractivity contribution in [3.05, 3.63) is 23.8 Å². The summed E-state index contributed by atoms with van der Waals surface area (Å²) in [5, 5.41) is 30.9. The van der Waals surface area contributed by atoms with E-state index in [0.29, 0.717) is 29.4 Å². The monoisotopic (exact) mass is 527 g/mol. The molecule has 0 bridgehead atoms. The van der Waals surface area contributed by atoms with E-state index in [-0.39, 0.29) is 52.6 Å². The van der Waals surface area contributed by atoms with Crippen LogP contribution < -0.4 is 5.73 Å². The molecule has 0 heterocycles. The summed E-state index contributed by atoms with van der Waals surface area (Å²) in [6.45, 7) is 7.06. The molecule has 4 saturated carbocycles. The summed E-state index contributed by atoms with van der Waals surface area (Å²) >= 11 is 0. The molecule has 1 aromatic rings. The van der Waals surface area contributed by atoms with Crippen molar-refractivity contribution in [1.29, 1.82) is 0 Å². The smallest absolute Gasteiger partial charge is 0.342 e. The van der Waals surface area contributed by atoms with Crippen LogP contribution in [0.2, 0.25) is 0 Å². The number of aliphatic hydroxyl groups is 1. The molecule has 0 aliphatic heterocycles. The van der Waals surface area contributed by atoms with Crippen molar-refractivity contribution >= 4 is 17.6 Å². The molecule has 10 atom stereocenters. The van der Waals surface area contributed by atoms with Crippen molar-refractivity contribution in [2.75, 3.05) is 5.73 Å². The molecule has 4 aliphatic carbocycles. The second-order valence-electron chi connectivity index (χ2n) is 13.5. The number of phenolic OH excluding ortho intramolecular Hbond substituents is 1. The van der Waals surface area contributed by atoms with Gasteiger partial charge < -0.3 is 25.8 Å². The predicted octanol–water partition coefficient (Wildman–Crippen LogP) is 5.63. The van der Waals surface area contributed by atoms with Gasteiger partial charge in [-0.3, -0.25) is 4.79 Å². The van der Waals surface area contributed by atoms with Crippen molar-refractivity contribution in [2.24, 2.45) is 46.3 Å². The Bertz CT molecular complexity index is 1070. The van der Waals surface area contributed by atoms with E-state index in [1.54, 1.807) is 6.07 Å². The molecule has 4 aliphatic rings. The largest absolute Gasteiger partial charge is 0.507 e. The normalized spacial score (nSPS) is 40.9. The summed E-state index contributed by atoms with van der Waals surface area (Å²) in [5.74, 6) is 1.03. The second kappa shape index (κ2) is 10.0. The summed E-state index contributed by atoms with van der Waals surface area (Å²) in [5.41, 5.74) is 6.59. The standard InChI is InChI=1S/C31H45NO6/c1-17(4-9-27(35)36)22-6-7-23-28-24(11-13-31(22,23)3)30(2)12-10-20(14-18(30)15-26(28)34)38-29(37)21-16-19(32)5-8-25(21)33/h5,8,16-18,20,22-24,26,28,33-34H,4,6-7,9-15,32H2,1-3H3,(H,35,36)/t17-,18?,20+,22-,23+,24+,26+,28+,30+,31-/m1/s1. The first-order chi connectivity index (χ1) is 17.9. The van der Waals surface area contributed by atoms with E-state index >= 15 is 0 Å². The molecule has 5 N–H and O–H groups in total. The molecule has 7 nitrogen and oxygen atoms in total. The molecule has 0 spiro atoms. The molecule has 1 unspecified atom stereocenters. The van der Waals surface area contributed by atoms with Gasteiger partial charge in [0.1, 0.15) is 17.4 Å². The van der Waals surface area contributed by atoms with Gasteiger partial charge in [-0.25, -0.2) is 4.79 Å². The number of hydrogen-bond acceptors (Lipinski definition) is 6. The topological polar surface area (TPSA) is 130 Å². The molecule has 0 saturated heterocycles. The molecule has 38 heavy (non-hydrogen) atoms. The Morgan fingerprint density at radius 1 is 1.08 bits per heavy atom. The van der Waals surface area contributed by atoms with Crippen LogP contribution in [0.15, 0.2) is 18.2 Å². The lowest BCUT2D eigenvalue weighted by molar-refractivity contribution is -0.174. The van der Waals surface area contributed by atoms with Crippen LogP contribution >= 0.6 is 0 Å². The van der Waals surface area contributed by atoms with Crippen LogP contribution in [0, 0.1) is 46.3 Å². The Hall–Kier alpha value is -2.28. The van der Waals surface area contributed by atoms with Gasteiger partial charge in [-0.1, -0.05) is 20.8 Å². The van der Waals surface area contributed by atoms with Crippen LogP contribution in [0.5, 0.6) is 5.75 Å². The number of carboxylic acids is 1. The van der Waals surface area contributed by atoms with E-state index in [9.17, 15) is 24.9 Å². The van der Waals surface area contributed by atoms with Gasteiger partial charge in [0.05, 0.1) is 6.10 Å². The number of nitrogen functional groups attached to an aromatic ring is 1. The fraction of sp³-hybridized carbons (Fsp3) is 0.742. The number of nitrogens with two attached hydrogens (primary N) is 1. The number of benzene rings is 1. The molecule has 7 heteroatoms. The van der Waals surface area contributed by atoms with Crippen LogP contribution in [0.25, 0.3) is 0 Å². The summed E-state index contributed by atoms with van der Waals surface area (Å²) in [6.07, 6.45) is 8.11. The van der Waals surface area contributed by atoms with Crippen LogP contribution in [0.4, 0.5) is 5.69 Å². The van der Waals surface area contributed by atoms with Crippen molar-refractivity contribution in [1.82, 2.24) is 0 Å². The quantitative estimate of drug-likeness (QED) is 0.214. The molecule has 210 valence electrons. The predicted molar refractivity (Wildman–Crippen MR) is 144 cm³/mol. The van der Waals surface area contributed by atoms with Gasteiger partial charge in [0, 0.05) is 12.1 Å². The van der Waals surface area contributed by atoms with Crippen molar-refractivity contribution in [3.63, 3.8) is 0 Å². The zero-order chi connectivity index (χ0) is 27.4. The molecule has 0 aromatic heterocycles. The number of aliphatic hydroxyl groups excluding tert-OH is 1. The maximum Gasteiger partial charge on any atom is 0.342 e. The van der Waals surface area contributed by atoms with Gasteiger partial charge in [-0.15, -0.1) is 0 Å². The van der Waals surface area contributed by atoms with Gasteiger partial charge in [-0.2, -0.15) is 0 Å². The Morgan fingerprint density at radius 3 is 2.53 bits per heavy atom. The highest BCUT2D eigenvalue weighted by Gasteiger charge is 2.63. The van der Waals surface area contributed by atoms with E-state index in [1.807, 2.05) is 0 Å². The second-order valence-corrected chi connectivity index (χ2v) is 13.5. The lowest BCUT2D eigenvalue weighted by atomic mass is 9.43. The SMILES string of the molecule is C[C@H](CCC(=O)O)[C@H]1CC[C@H]2[C@@H]3[C@@H](O)CC4C[C@@H](OC(=O)c5cc(N)ccc5O)CC[C@]4(C)[C@H]3CC[C@]12C. The zero-order valence-electron chi connectivity index (χ0n) is 23.1. The highest BCUT2D eigenvalue weighted by molar-refractivity contribution is 5.93. The Balaban J connectivity index is 1.28. The van der Waals surface area contributed by atoms with Crippen LogP contribution in [-0.4, -0.2) is 39.5 Å². The minimum atomic E-state index is -0.715. The molecule has 5 rings (SSSR count). The van der Waals surface area contributed by atoms with E-state index in [0.717, 1.165) is 57.8 Å². The minimum Gasteiger partial charge on any atom is -0.507 e. The van der Waals surface area contributed by atoms with Gasteiger partial charge in [0.15, 0.2) is 0 Å². The van der Waals surface area contributed by atoms with E-state index < -0.39 is 11.9 Å². The number of hydrogen-bond donors (Lipinski definition) is 4. The zero-order valence-corrected chi connectivity index (χ0v) is 23.1. The Kier molecular flexibility index (Phi) is 7.21. The lowest BCUT2D eigenvalue weighted by Crippen LogP contribution is -2.58. The van der Waals surface area contributed by atoms with Crippen LogP contribution in [0.1, 0.15) is 95.3 Å². The van der Waals surface area contributed by atoms with E-state index in [4.69, 9.17) is 10.5 Å². The number of rotatable bonds is 6. The summed E-state index contributed by atoms with van der Waals surface area (Å²) in [4.78, 5) is 24.0. The third-order valence-corrected chi connectivity index (χ3v) is 11.7. The van der Waals surface area contributed by atoms with Crippen LogP contribution in [-0.2, 0) is 9.53 Å². The third-order valence-electron chi connectivity index (χ3n) is 11.7. The van der Waals surface area contributed by atoms with Gasteiger partial charge in [0.2, 0.25) is 0 Å². The molecule has 1 aromatic carbocycles. The molecule has 4 fully saturated rings. The maximum absolute atomic E-state index is 12.8. The number of phenols is 1. The van der Waals surface area contributed by atoms with E-state index in [2.05, 4.69) is 20.8 Å². The number of aliphatic carboxylic acids is 1. The molecular formula is C31H45NO6. The highest BCUT2D eigenvalue weighted by atomic mass is 16.5. The summed E-state index contributed by atoms with van der Waals surface area (Å²) in [7, 11) is 0. The molecule has 0 amide bonds. The number of anilines is 1. The van der Waals surface area contributed by atoms with E-state index in [1.165, 1.54) is 12.1 Å². The number of carbonyl (C=O) groups excluding carboxylic acids is 1. The third kappa shape index (κ3) is 4.59. The molecular weight excluding hydrogens is 482 g/mol. The summed E-state index contributed by atoms with van der Waals surface area (Å²) in [6, 6.07) is 4.42. The Labute approximate surface area is 226 Å². The maximum atomic E-state index is 12.8. The summed E-state index contributed by atoms with van der Waals surface area (Å²) < 4.78 is 5.87. The lowest BCUT2D eigenvalue weighted by Gasteiger charge is -2.62. The number of carboxylic acid groups (broad SMARTS) is 1. The number of fused-ring (bicyclic) bond motifs is 5. The van der Waals surface area contributed by atoms with Gasteiger partial charge in [0.25, 0.3) is 0 Å². The average Bonchev–Trinajstić information content (AvgIpc) is 3.22. The number of aromatic hydroxyl groups is 1. The first kappa shape index (κ1) is 27.3. The highest BCUT2D eigenvalue weighted by Crippen LogP contribution is 2.68. The first-order valence-electron chi connectivity index (χ1n) is 14.6. The fourth-order valence-corrected chi connectivity index (χ4v) is 9.75. The molecule has 0 radical (unpaired) electrons. The first-order valence-corrected chi connectivity index (χ1v) is 14.6. The fourth-order valence-electron chi connectivity index (χ4n) is 9.75. The van der Waals surface area contributed by atoms with Crippen molar-refractivity contribution in [2.45, 2.75) is 97.2 Å². The number of esters is 1. The van der Waals surface area contributed by atoms with Gasteiger partial charge >= 0.3 is 11.9 Å².